The highest BCUT2D eigenvalue weighted by atomic mass is 16.5. The van der Waals surface area contributed by atoms with Gasteiger partial charge in [-0.1, -0.05) is 30.3 Å². The number of fused-ring (bicyclic) bond motifs is 2. The van der Waals surface area contributed by atoms with Gasteiger partial charge in [0, 0.05) is 19.2 Å². The molecule has 0 N–H and O–H groups in total. The second-order valence-corrected chi connectivity index (χ2v) is 6.54. The van der Waals surface area contributed by atoms with Crippen molar-refractivity contribution < 1.29 is 9.53 Å². The summed E-state index contributed by atoms with van der Waals surface area (Å²) in [6.07, 6.45) is 0.465. The van der Waals surface area contributed by atoms with Crippen LogP contribution in [-0.2, 0) is 10.2 Å². The molecule has 0 aliphatic carbocycles. The van der Waals surface area contributed by atoms with Gasteiger partial charge in [-0.05, 0) is 36.2 Å². The van der Waals surface area contributed by atoms with Crippen molar-refractivity contribution in [2.45, 2.75) is 24.8 Å². The summed E-state index contributed by atoms with van der Waals surface area (Å²) in [5.41, 5.74) is 3.88. The Morgan fingerprint density at radius 3 is 2.58 bits per heavy atom. The summed E-state index contributed by atoms with van der Waals surface area (Å²) in [7, 11) is 3.55. The Hall–Kier alpha value is -2.62. The molecule has 0 aromatic heterocycles. The van der Waals surface area contributed by atoms with Crippen molar-refractivity contribution in [1.82, 2.24) is 4.90 Å². The van der Waals surface area contributed by atoms with Crippen LogP contribution in [0.3, 0.4) is 0 Å². The van der Waals surface area contributed by atoms with Crippen molar-refractivity contribution in [1.29, 1.82) is 0 Å². The lowest BCUT2D eigenvalue weighted by Crippen LogP contribution is -2.38. The third kappa shape index (κ3) is 1.86. The van der Waals surface area contributed by atoms with Crippen LogP contribution in [0.25, 0.3) is 0 Å². The van der Waals surface area contributed by atoms with Crippen molar-refractivity contribution in [3.8, 4) is 5.75 Å². The quantitative estimate of drug-likeness (QED) is 0.848. The number of nitrogens with zero attached hydrogens (tertiary/aromatic N) is 2. The maximum absolute atomic E-state index is 12.6. The Morgan fingerprint density at radius 1 is 1.17 bits per heavy atom. The Labute approximate surface area is 141 Å². The molecule has 2 aliphatic rings. The van der Waals surface area contributed by atoms with Crippen LogP contribution in [-0.4, -0.2) is 30.7 Å². The number of likely N-dealkylation sites (tertiary alicyclic amines) is 1. The van der Waals surface area contributed by atoms with Crippen LogP contribution >= 0.6 is 0 Å². The van der Waals surface area contributed by atoms with E-state index in [0.29, 0.717) is 6.42 Å². The first kappa shape index (κ1) is 14.9. The molecule has 24 heavy (non-hydrogen) atoms. The van der Waals surface area contributed by atoms with Crippen LogP contribution in [0.15, 0.2) is 53.5 Å². The highest BCUT2D eigenvalue weighted by Crippen LogP contribution is 2.55. The fourth-order valence-electron chi connectivity index (χ4n) is 4.22. The summed E-state index contributed by atoms with van der Waals surface area (Å²) in [4.78, 5) is 19.3. The molecule has 0 radical (unpaired) electrons. The van der Waals surface area contributed by atoms with Crippen molar-refractivity contribution >= 4 is 17.3 Å². The van der Waals surface area contributed by atoms with Gasteiger partial charge in [0.05, 0.1) is 24.3 Å². The van der Waals surface area contributed by atoms with Crippen LogP contribution in [0.2, 0.25) is 0 Å². The van der Waals surface area contributed by atoms with E-state index < -0.39 is 0 Å². The number of methoxy groups -OCH3 is 1. The number of hydrogen-bond acceptors (Lipinski definition) is 3. The lowest BCUT2D eigenvalue weighted by atomic mass is 9.70. The molecular formula is C20H20N2O2. The Bertz CT molecular complexity index is 841. The van der Waals surface area contributed by atoms with E-state index in [9.17, 15) is 4.79 Å². The van der Waals surface area contributed by atoms with Gasteiger partial charge in [0.2, 0.25) is 5.91 Å². The smallest absolute Gasteiger partial charge is 0.224 e. The summed E-state index contributed by atoms with van der Waals surface area (Å²) in [5.74, 6) is 0.971. The van der Waals surface area contributed by atoms with E-state index >= 15 is 0 Å². The summed E-state index contributed by atoms with van der Waals surface area (Å²) in [6.45, 7) is 2.04. The van der Waals surface area contributed by atoms with Crippen LogP contribution < -0.4 is 4.74 Å². The summed E-state index contributed by atoms with van der Waals surface area (Å²) >= 11 is 0. The predicted molar refractivity (Wildman–Crippen MR) is 94.0 cm³/mol. The SMILES string of the molecule is COc1ccc([C@H]2N(C)C(=O)C[C@]23C(C)=Nc2ccccc23)cc1. The number of carbonyl (C=O) groups is 1. The molecule has 0 bridgehead atoms. The number of ether oxygens (including phenoxy) is 1. The van der Waals surface area contributed by atoms with E-state index in [1.165, 1.54) is 0 Å². The van der Waals surface area contributed by atoms with E-state index in [2.05, 4.69) is 18.2 Å². The second-order valence-electron chi connectivity index (χ2n) is 6.54. The molecule has 122 valence electrons. The maximum Gasteiger partial charge on any atom is 0.224 e. The molecule has 1 saturated heterocycles. The number of likely N-dealkylation sites (N-methyl/N-ethyl adjacent to an activating group) is 1. The van der Waals surface area contributed by atoms with E-state index in [1.54, 1.807) is 7.11 Å². The van der Waals surface area contributed by atoms with Gasteiger partial charge in [-0.3, -0.25) is 9.79 Å². The predicted octanol–water partition coefficient (Wildman–Crippen LogP) is 3.64. The van der Waals surface area contributed by atoms with E-state index in [4.69, 9.17) is 9.73 Å². The zero-order valence-corrected chi connectivity index (χ0v) is 14.1. The highest BCUT2D eigenvalue weighted by Gasteiger charge is 2.56. The minimum Gasteiger partial charge on any atom is -0.497 e. The minimum atomic E-state index is -0.378. The standard InChI is InChI=1S/C20H20N2O2/c1-13-20(16-6-4-5-7-17(16)21-13)12-18(23)22(2)19(20)14-8-10-15(24-3)11-9-14/h4-11,19H,12H2,1-3H3/t19-,20-/m1/s1. The highest BCUT2D eigenvalue weighted by molar-refractivity contribution is 6.06. The average molecular weight is 320 g/mol. The van der Waals surface area contributed by atoms with Crippen molar-refractivity contribution in [2.75, 3.05) is 14.2 Å². The number of benzene rings is 2. The van der Waals surface area contributed by atoms with Crippen LogP contribution in [0.5, 0.6) is 5.75 Å². The Morgan fingerprint density at radius 2 is 1.88 bits per heavy atom. The monoisotopic (exact) mass is 320 g/mol. The molecule has 4 nitrogen and oxygen atoms in total. The number of hydrogen-bond donors (Lipinski definition) is 0. The molecule has 1 amide bonds. The molecule has 2 aromatic rings. The molecule has 0 saturated carbocycles. The molecule has 2 aromatic carbocycles. The van der Waals surface area contributed by atoms with Gasteiger partial charge in [-0.2, -0.15) is 0 Å². The van der Waals surface area contributed by atoms with Crippen molar-refractivity contribution in [3.05, 3.63) is 59.7 Å². The van der Waals surface area contributed by atoms with Crippen LogP contribution in [0, 0.1) is 0 Å². The molecule has 4 rings (SSSR count). The van der Waals surface area contributed by atoms with E-state index in [0.717, 1.165) is 28.3 Å². The zero-order chi connectivity index (χ0) is 16.9. The largest absolute Gasteiger partial charge is 0.497 e. The number of rotatable bonds is 2. The first-order valence-corrected chi connectivity index (χ1v) is 8.13. The zero-order valence-electron chi connectivity index (χ0n) is 14.1. The van der Waals surface area contributed by atoms with Gasteiger partial charge in [-0.15, -0.1) is 0 Å². The van der Waals surface area contributed by atoms with Crippen molar-refractivity contribution in [3.63, 3.8) is 0 Å². The molecule has 2 heterocycles. The molecule has 2 atom stereocenters. The third-order valence-electron chi connectivity index (χ3n) is 5.43. The lowest BCUT2D eigenvalue weighted by Gasteiger charge is -2.35. The molecule has 0 unspecified atom stereocenters. The molecular weight excluding hydrogens is 300 g/mol. The normalized spacial score (nSPS) is 25.1. The number of amides is 1. The molecule has 2 aliphatic heterocycles. The first-order valence-electron chi connectivity index (χ1n) is 8.13. The summed E-state index contributed by atoms with van der Waals surface area (Å²) in [5, 5.41) is 0. The van der Waals surface area contributed by atoms with E-state index in [1.807, 2.05) is 49.2 Å². The Balaban J connectivity index is 1.90. The maximum atomic E-state index is 12.6. The molecule has 1 spiro atoms. The summed E-state index contributed by atoms with van der Waals surface area (Å²) < 4.78 is 5.27. The molecule has 4 heteroatoms. The number of carbonyl (C=O) groups excluding carboxylic acids is 1. The van der Waals surface area contributed by atoms with Gasteiger partial charge >= 0.3 is 0 Å². The minimum absolute atomic E-state index is 0.0525. The molecule has 1 fully saturated rings. The van der Waals surface area contributed by atoms with Gasteiger partial charge in [0.1, 0.15) is 5.75 Å². The average Bonchev–Trinajstić information content (AvgIpc) is 3.03. The lowest BCUT2D eigenvalue weighted by molar-refractivity contribution is -0.127. The van der Waals surface area contributed by atoms with Gasteiger partial charge in [-0.25, -0.2) is 0 Å². The van der Waals surface area contributed by atoms with Gasteiger partial charge < -0.3 is 9.64 Å². The fourth-order valence-corrected chi connectivity index (χ4v) is 4.22. The van der Waals surface area contributed by atoms with Crippen molar-refractivity contribution in [2.24, 2.45) is 4.99 Å². The Kier molecular flexibility index (Phi) is 3.23. The number of para-hydroxylation sites is 1. The van der Waals surface area contributed by atoms with E-state index in [-0.39, 0.29) is 17.4 Å². The fraction of sp³-hybridized carbons (Fsp3) is 0.300. The second kappa shape index (κ2) is 5.20. The van der Waals surface area contributed by atoms with Crippen LogP contribution in [0.4, 0.5) is 5.69 Å². The first-order chi connectivity index (χ1) is 11.6. The van der Waals surface area contributed by atoms with Gasteiger partial charge in [0.25, 0.3) is 0 Å². The third-order valence-corrected chi connectivity index (χ3v) is 5.43. The number of aliphatic imine (C=N–C) groups is 1. The van der Waals surface area contributed by atoms with Crippen LogP contribution in [0.1, 0.15) is 30.5 Å². The van der Waals surface area contributed by atoms with Gasteiger partial charge in [0.15, 0.2) is 0 Å². The summed E-state index contributed by atoms with van der Waals surface area (Å²) in [6, 6.07) is 16.1. The topological polar surface area (TPSA) is 41.9 Å².